The minimum absolute atomic E-state index is 0.0181. The molecule has 2 aromatic heterocycles. The monoisotopic (exact) mass is 450 g/mol. The van der Waals surface area contributed by atoms with Gasteiger partial charge in [-0.2, -0.15) is 5.10 Å². The number of carbonyl (C=O) groups excluding carboxylic acids is 2. The van der Waals surface area contributed by atoms with Crippen molar-refractivity contribution in [2.45, 2.75) is 32.9 Å². The van der Waals surface area contributed by atoms with Crippen molar-refractivity contribution in [2.75, 3.05) is 31.1 Å². The first-order valence-corrected chi connectivity index (χ1v) is 10.9. The fraction of sp³-hybridized carbons (Fsp3) is 0.391. The second-order valence-electron chi connectivity index (χ2n) is 8.15. The second kappa shape index (κ2) is 9.35. The van der Waals surface area contributed by atoms with Gasteiger partial charge in [-0.15, -0.1) is 0 Å². The Morgan fingerprint density at radius 1 is 0.939 bits per heavy atom. The first-order valence-electron chi connectivity index (χ1n) is 10.9. The highest BCUT2D eigenvalue weighted by Crippen LogP contribution is 2.17. The van der Waals surface area contributed by atoms with E-state index >= 15 is 0 Å². The van der Waals surface area contributed by atoms with Crippen LogP contribution in [0.1, 0.15) is 37.3 Å². The topological polar surface area (TPSA) is 111 Å². The molecule has 1 atom stereocenters. The number of rotatable bonds is 5. The normalized spacial score (nSPS) is 15.0. The largest absolute Gasteiger partial charge is 0.448 e. The van der Waals surface area contributed by atoms with E-state index in [9.17, 15) is 14.4 Å². The first kappa shape index (κ1) is 22.4. The van der Waals surface area contributed by atoms with Crippen LogP contribution in [0, 0.1) is 0 Å². The summed E-state index contributed by atoms with van der Waals surface area (Å²) in [5.74, 6) is -0.390. The fourth-order valence-corrected chi connectivity index (χ4v) is 3.81. The number of anilines is 1. The Kier molecular flexibility index (Phi) is 6.34. The van der Waals surface area contributed by atoms with Gasteiger partial charge in [0.15, 0.2) is 11.8 Å². The number of hydrogen-bond acceptors (Lipinski definition) is 8. The van der Waals surface area contributed by atoms with Crippen LogP contribution in [-0.4, -0.2) is 68.8 Å². The van der Waals surface area contributed by atoms with Crippen molar-refractivity contribution in [3.05, 3.63) is 58.8 Å². The van der Waals surface area contributed by atoms with Crippen LogP contribution in [0.4, 0.5) is 5.95 Å². The van der Waals surface area contributed by atoms with E-state index in [0.717, 1.165) is 0 Å². The van der Waals surface area contributed by atoms with Gasteiger partial charge in [-0.1, -0.05) is 18.2 Å². The molecule has 10 nitrogen and oxygen atoms in total. The Morgan fingerprint density at radius 2 is 1.58 bits per heavy atom. The summed E-state index contributed by atoms with van der Waals surface area (Å²) in [6.07, 6.45) is 2.38. The summed E-state index contributed by atoms with van der Waals surface area (Å²) in [5.41, 5.74) is -0.258. The van der Waals surface area contributed by atoms with E-state index in [1.807, 2.05) is 18.7 Å². The lowest BCUT2D eigenvalue weighted by molar-refractivity contribution is -0.140. The highest BCUT2D eigenvalue weighted by molar-refractivity contribution is 6.02. The van der Waals surface area contributed by atoms with Crippen LogP contribution in [0.2, 0.25) is 0 Å². The minimum Gasteiger partial charge on any atom is -0.448 e. The van der Waals surface area contributed by atoms with E-state index in [-0.39, 0.29) is 23.2 Å². The molecule has 4 rings (SSSR count). The highest BCUT2D eigenvalue weighted by Gasteiger charge is 2.29. The molecule has 10 heteroatoms. The molecule has 1 amide bonds. The van der Waals surface area contributed by atoms with Crippen molar-refractivity contribution in [2.24, 2.45) is 0 Å². The molecule has 1 aromatic carbocycles. The zero-order chi connectivity index (χ0) is 23.5. The number of amides is 1. The summed E-state index contributed by atoms with van der Waals surface area (Å²) >= 11 is 0. The second-order valence-corrected chi connectivity index (χ2v) is 8.15. The van der Waals surface area contributed by atoms with E-state index in [0.29, 0.717) is 42.9 Å². The molecule has 0 aliphatic carbocycles. The molecule has 3 aromatic rings. The Hall–Kier alpha value is -3.82. The van der Waals surface area contributed by atoms with Crippen molar-refractivity contribution < 1.29 is 14.3 Å². The SMILES string of the molecule is CC(OC(=O)c1nn(C(C)C)c(=O)c2ccccc12)C(=O)N1CCN(c2ncccn2)CC1. The Bertz CT molecular complexity index is 1220. The Labute approximate surface area is 190 Å². The number of carbonyl (C=O) groups is 2. The fourth-order valence-electron chi connectivity index (χ4n) is 3.81. The van der Waals surface area contributed by atoms with Gasteiger partial charge in [-0.25, -0.2) is 19.4 Å². The predicted molar refractivity (Wildman–Crippen MR) is 122 cm³/mol. The van der Waals surface area contributed by atoms with Gasteiger partial charge in [0, 0.05) is 44.0 Å². The smallest absolute Gasteiger partial charge is 0.360 e. The molecular formula is C23H26N6O4. The molecule has 0 bridgehead atoms. The van der Waals surface area contributed by atoms with Crippen LogP contribution in [0.25, 0.3) is 10.8 Å². The van der Waals surface area contributed by atoms with Crippen molar-refractivity contribution >= 4 is 28.6 Å². The number of ether oxygens (including phenoxy) is 1. The summed E-state index contributed by atoms with van der Waals surface area (Å²) in [5, 5.41) is 5.04. The molecule has 172 valence electrons. The number of hydrogen-bond donors (Lipinski definition) is 0. The summed E-state index contributed by atoms with van der Waals surface area (Å²) < 4.78 is 6.76. The van der Waals surface area contributed by atoms with Gasteiger partial charge >= 0.3 is 5.97 Å². The van der Waals surface area contributed by atoms with Crippen LogP contribution >= 0.6 is 0 Å². The Morgan fingerprint density at radius 3 is 2.21 bits per heavy atom. The molecule has 0 radical (unpaired) electrons. The van der Waals surface area contributed by atoms with E-state index in [1.165, 1.54) is 4.68 Å². The number of fused-ring (bicyclic) bond motifs is 1. The van der Waals surface area contributed by atoms with E-state index < -0.39 is 12.1 Å². The maximum absolute atomic E-state index is 13.0. The van der Waals surface area contributed by atoms with E-state index in [4.69, 9.17) is 4.74 Å². The zero-order valence-corrected chi connectivity index (χ0v) is 18.8. The molecule has 0 saturated carbocycles. The van der Waals surface area contributed by atoms with Gasteiger partial charge < -0.3 is 14.5 Å². The molecule has 33 heavy (non-hydrogen) atoms. The maximum Gasteiger partial charge on any atom is 0.360 e. The predicted octanol–water partition coefficient (Wildman–Crippen LogP) is 1.66. The molecule has 1 aliphatic rings. The van der Waals surface area contributed by atoms with Crippen LogP contribution in [0.15, 0.2) is 47.5 Å². The van der Waals surface area contributed by atoms with E-state index in [2.05, 4.69) is 15.1 Å². The standard InChI is InChI=1S/C23H26N6O4/c1-15(2)29-21(31)18-8-5-4-7-17(18)19(26-29)22(32)33-16(3)20(30)27-11-13-28(14-12-27)23-24-9-6-10-25-23/h4-10,15-16H,11-14H2,1-3H3. The van der Waals surface area contributed by atoms with E-state index in [1.54, 1.807) is 54.5 Å². The van der Waals surface area contributed by atoms with Gasteiger partial charge in [-0.05, 0) is 32.9 Å². The number of benzene rings is 1. The van der Waals surface area contributed by atoms with Crippen LogP contribution in [-0.2, 0) is 9.53 Å². The van der Waals surface area contributed by atoms with Gasteiger partial charge in [0.1, 0.15) is 0 Å². The summed E-state index contributed by atoms with van der Waals surface area (Å²) in [6.45, 7) is 7.28. The van der Waals surface area contributed by atoms with Crippen LogP contribution < -0.4 is 10.5 Å². The summed E-state index contributed by atoms with van der Waals surface area (Å²) in [7, 11) is 0. The van der Waals surface area contributed by atoms with Gasteiger partial charge in [0.2, 0.25) is 5.95 Å². The third-order valence-corrected chi connectivity index (χ3v) is 5.57. The average molecular weight is 450 g/mol. The van der Waals surface area contributed by atoms with Crippen molar-refractivity contribution in [3.63, 3.8) is 0 Å². The van der Waals surface area contributed by atoms with Crippen LogP contribution in [0.5, 0.6) is 0 Å². The molecule has 0 spiro atoms. The number of piperazine rings is 1. The van der Waals surface area contributed by atoms with Crippen molar-refractivity contribution in [3.8, 4) is 0 Å². The quantitative estimate of drug-likeness (QED) is 0.540. The summed E-state index contributed by atoms with van der Waals surface area (Å²) in [6, 6.07) is 8.28. The van der Waals surface area contributed by atoms with Gasteiger partial charge in [0.25, 0.3) is 11.5 Å². The molecule has 1 aliphatic heterocycles. The first-order chi connectivity index (χ1) is 15.9. The molecule has 1 unspecified atom stereocenters. The third-order valence-electron chi connectivity index (χ3n) is 5.57. The molecule has 3 heterocycles. The highest BCUT2D eigenvalue weighted by atomic mass is 16.5. The molecule has 1 fully saturated rings. The van der Waals surface area contributed by atoms with Crippen LogP contribution in [0.3, 0.4) is 0 Å². The lowest BCUT2D eigenvalue weighted by atomic mass is 10.1. The summed E-state index contributed by atoms with van der Waals surface area (Å²) in [4.78, 5) is 50.7. The molecular weight excluding hydrogens is 424 g/mol. The lowest BCUT2D eigenvalue weighted by Gasteiger charge is -2.35. The lowest BCUT2D eigenvalue weighted by Crippen LogP contribution is -2.52. The minimum atomic E-state index is -0.989. The molecule has 1 saturated heterocycles. The van der Waals surface area contributed by atoms with Crippen molar-refractivity contribution in [1.29, 1.82) is 0 Å². The number of esters is 1. The zero-order valence-electron chi connectivity index (χ0n) is 18.8. The number of aromatic nitrogens is 4. The van der Waals surface area contributed by atoms with Gasteiger partial charge in [-0.3, -0.25) is 9.59 Å². The third kappa shape index (κ3) is 4.55. The maximum atomic E-state index is 13.0. The van der Waals surface area contributed by atoms with Gasteiger partial charge in [0.05, 0.1) is 11.4 Å². The molecule has 0 N–H and O–H groups in total. The van der Waals surface area contributed by atoms with Crippen molar-refractivity contribution in [1.82, 2.24) is 24.6 Å². The Balaban J connectivity index is 1.47. The number of nitrogens with zero attached hydrogens (tertiary/aromatic N) is 6. The average Bonchev–Trinajstić information content (AvgIpc) is 2.84.